The largest absolute Gasteiger partial charge is 0.458 e. The van der Waals surface area contributed by atoms with Gasteiger partial charge in [0.2, 0.25) is 0 Å². The molecule has 1 aromatic heterocycles. The van der Waals surface area contributed by atoms with Crippen LogP contribution in [0.3, 0.4) is 0 Å². The Balaban J connectivity index is 1.12. The Kier molecular flexibility index (Phi) is 8.96. The fourth-order valence-electron chi connectivity index (χ4n) is 6.48. The summed E-state index contributed by atoms with van der Waals surface area (Å²) >= 11 is 0. The van der Waals surface area contributed by atoms with E-state index >= 15 is 0 Å². The summed E-state index contributed by atoms with van der Waals surface area (Å²) in [6, 6.07) is 20.7. The number of rotatable bonds is 9. The van der Waals surface area contributed by atoms with Crippen LogP contribution in [0.5, 0.6) is 0 Å². The highest BCUT2D eigenvalue weighted by atomic mass is 16.6. The number of benzene rings is 3. The number of aromatic amines is 1. The first-order valence-corrected chi connectivity index (χ1v) is 16.1. The SMILES string of the molecule is Cc1cc(CC(NC(=O)N2CCC(N3Cc4ccccc4NC3=O)CC2)C(=O)OC(C)(C)CCc2ccccc2)cc2cn[nH]c12. The summed E-state index contributed by atoms with van der Waals surface area (Å²) < 4.78 is 6.08. The number of hydrogen-bond acceptors (Lipinski definition) is 5. The van der Waals surface area contributed by atoms with Gasteiger partial charge in [-0.1, -0.05) is 54.6 Å². The van der Waals surface area contributed by atoms with Crippen LogP contribution in [0, 0.1) is 6.92 Å². The standard InChI is InChI=1S/C36H42N6O4/c1-24-19-26(20-28-22-37-40-32(24)28)21-31(33(43)46-36(2,3)16-13-25-9-5-4-6-10-25)39-34(44)41-17-14-29(15-18-41)42-23-27-11-7-8-12-30(27)38-35(42)45/h4-12,19-20,22,29,31H,13-18,21,23H2,1-3H3,(H,37,40)(H,38,45)(H,39,44). The predicted molar refractivity (Wildman–Crippen MR) is 177 cm³/mol. The van der Waals surface area contributed by atoms with Crippen molar-refractivity contribution in [2.24, 2.45) is 0 Å². The molecule has 46 heavy (non-hydrogen) atoms. The summed E-state index contributed by atoms with van der Waals surface area (Å²) in [6.45, 7) is 7.32. The Morgan fingerprint density at radius 2 is 1.78 bits per heavy atom. The molecule has 0 bridgehead atoms. The molecule has 1 saturated heterocycles. The molecular formula is C36H42N6O4. The number of aromatic nitrogens is 2. The van der Waals surface area contributed by atoms with Gasteiger partial charge in [-0.15, -0.1) is 0 Å². The van der Waals surface area contributed by atoms with E-state index < -0.39 is 17.6 Å². The van der Waals surface area contributed by atoms with Crippen LogP contribution in [0.25, 0.3) is 10.9 Å². The van der Waals surface area contributed by atoms with E-state index in [0.29, 0.717) is 38.9 Å². The van der Waals surface area contributed by atoms with Crippen LogP contribution < -0.4 is 10.6 Å². The molecule has 4 aromatic rings. The van der Waals surface area contributed by atoms with Crippen molar-refractivity contribution in [2.75, 3.05) is 18.4 Å². The summed E-state index contributed by atoms with van der Waals surface area (Å²) in [4.78, 5) is 43.8. The van der Waals surface area contributed by atoms with E-state index in [9.17, 15) is 14.4 Å². The van der Waals surface area contributed by atoms with Crippen LogP contribution in [0.15, 0.2) is 72.9 Å². The molecule has 0 saturated carbocycles. The molecule has 3 heterocycles. The van der Waals surface area contributed by atoms with E-state index in [4.69, 9.17) is 4.74 Å². The number of nitrogens with one attached hydrogen (secondary N) is 3. The van der Waals surface area contributed by atoms with Gasteiger partial charge in [-0.05, 0) is 80.8 Å². The lowest BCUT2D eigenvalue weighted by Gasteiger charge is -2.40. The van der Waals surface area contributed by atoms with E-state index in [-0.39, 0.29) is 24.5 Å². The molecule has 3 N–H and O–H groups in total. The predicted octanol–water partition coefficient (Wildman–Crippen LogP) is 5.96. The molecule has 10 nitrogen and oxygen atoms in total. The van der Waals surface area contributed by atoms with E-state index in [0.717, 1.165) is 39.7 Å². The van der Waals surface area contributed by atoms with Crippen LogP contribution in [0.2, 0.25) is 0 Å². The van der Waals surface area contributed by atoms with Gasteiger partial charge in [0, 0.05) is 43.2 Å². The van der Waals surface area contributed by atoms with Gasteiger partial charge < -0.3 is 25.2 Å². The molecule has 10 heteroatoms. The zero-order valence-electron chi connectivity index (χ0n) is 26.7. The smallest absolute Gasteiger partial charge is 0.329 e. The van der Waals surface area contributed by atoms with Crippen molar-refractivity contribution < 1.29 is 19.1 Å². The molecule has 3 aromatic carbocycles. The van der Waals surface area contributed by atoms with Gasteiger partial charge in [0.25, 0.3) is 0 Å². The molecule has 0 aliphatic carbocycles. The van der Waals surface area contributed by atoms with Gasteiger partial charge in [-0.2, -0.15) is 5.10 Å². The number of likely N-dealkylation sites (tertiary alicyclic amines) is 1. The maximum absolute atomic E-state index is 13.8. The monoisotopic (exact) mass is 622 g/mol. The molecule has 1 fully saturated rings. The third-order valence-electron chi connectivity index (χ3n) is 9.12. The number of para-hydroxylation sites is 1. The van der Waals surface area contributed by atoms with Gasteiger partial charge >= 0.3 is 18.0 Å². The molecular weight excluding hydrogens is 580 g/mol. The quantitative estimate of drug-likeness (QED) is 0.199. The fraction of sp³-hybridized carbons (Fsp3) is 0.389. The molecule has 2 aliphatic heterocycles. The number of carbonyl (C=O) groups is 3. The van der Waals surface area contributed by atoms with Crippen molar-refractivity contribution >= 4 is 34.6 Å². The van der Waals surface area contributed by atoms with Crippen LogP contribution in [0.4, 0.5) is 15.3 Å². The Bertz CT molecular complexity index is 1710. The maximum atomic E-state index is 13.8. The number of ether oxygens (including phenoxy) is 1. The molecule has 6 rings (SSSR count). The summed E-state index contributed by atoms with van der Waals surface area (Å²) in [7, 11) is 0. The zero-order valence-corrected chi connectivity index (χ0v) is 26.7. The lowest BCUT2D eigenvalue weighted by Crippen LogP contribution is -2.55. The minimum Gasteiger partial charge on any atom is -0.458 e. The number of carbonyl (C=O) groups excluding carboxylic acids is 3. The second-order valence-corrected chi connectivity index (χ2v) is 13.1. The van der Waals surface area contributed by atoms with Crippen molar-refractivity contribution in [3.05, 3.63) is 95.2 Å². The minimum atomic E-state index is -0.880. The summed E-state index contributed by atoms with van der Waals surface area (Å²) in [5, 5.41) is 14.1. The lowest BCUT2D eigenvalue weighted by atomic mass is 9.97. The first-order valence-electron chi connectivity index (χ1n) is 16.1. The average Bonchev–Trinajstić information content (AvgIpc) is 3.53. The number of esters is 1. The summed E-state index contributed by atoms with van der Waals surface area (Å²) in [6.07, 6.45) is 4.76. The van der Waals surface area contributed by atoms with Gasteiger partial charge in [-0.25, -0.2) is 14.4 Å². The highest BCUT2D eigenvalue weighted by Crippen LogP contribution is 2.28. The number of amides is 4. The number of aryl methyl sites for hydroxylation is 2. The molecule has 0 spiro atoms. The van der Waals surface area contributed by atoms with Gasteiger partial charge in [-0.3, -0.25) is 5.10 Å². The number of anilines is 1. The number of urea groups is 2. The minimum absolute atomic E-state index is 0.0215. The molecule has 1 atom stereocenters. The molecule has 2 aliphatic rings. The lowest BCUT2D eigenvalue weighted by molar-refractivity contribution is -0.159. The number of nitrogens with zero attached hydrogens (tertiary/aromatic N) is 3. The van der Waals surface area contributed by atoms with E-state index in [1.54, 1.807) is 11.1 Å². The first-order chi connectivity index (χ1) is 22.1. The van der Waals surface area contributed by atoms with Gasteiger partial charge in [0.1, 0.15) is 11.6 Å². The average molecular weight is 623 g/mol. The number of piperidine rings is 1. The Labute approximate surface area is 269 Å². The van der Waals surface area contributed by atoms with Crippen molar-refractivity contribution in [3.63, 3.8) is 0 Å². The van der Waals surface area contributed by atoms with Crippen LogP contribution in [-0.4, -0.2) is 68.8 Å². The Hall–Kier alpha value is -4.86. The Morgan fingerprint density at radius 1 is 1.04 bits per heavy atom. The van der Waals surface area contributed by atoms with Crippen LogP contribution in [0.1, 0.15) is 55.4 Å². The topological polar surface area (TPSA) is 120 Å². The van der Waals surface area contributed by atoms with Crippen molar-refractivity contribution in [1.82, 2.24) is 25.3 Å². The third kappa shape index (κ3) is 7.17. The normalized spacial score (nSPS) is 16.1. The zero-order chi connectivity index (χ0) is 32.3. The van der Waals surface area contributed by atoms with Crippen LogP contribution >= 0.6 is 0 Å². The van der Waals surface area contributed by atoms with Gasteiger partial charge in [0.15, 0.2) is 0 Å². The number of fused-ring (bicyclic) bond motifs is 2. The fourth-order valence-corrected chi connectivity index (χ4v) is 6.48. The van der Waals surface area contributed by atoms with Crippen molar-refractivity contribution in [2.45, 2.75) is 77.1 Å². The third-order valence-corrected chi connectivity index (χ3v) is 9.12. The highest BCUT2D eigenvalue weighted by Gasteiger charge is 2.35. The van der Waals surface area contributed by atoms with E-state index in [2.05, 4.69) is 33.0 Å². The second-order valence-electron chi connectivity index (χ2n) is 13.1. The maximum Gasteiger partial charge on any atom is 0.329 e. The first kappa shape index (κ1) is 31.1. The highest BCUT2D eigenvalue weighted by molar-refractivity contribution is 5.92. The van der Waals surface area contributed by atoms with Crippen LogP contribution in [-0.2, 0) is 28.9 Å². The summed E-state index contributed by atoms with van der Waals surface area (Å²) in [5.41, 5.74) is 5.25. The molecule has 4 amide bonds. The number of H-pyrrole nitrogens is 1. The molecule has 1 unspecified atom stereocenters. The van der Waals surface area contributed by atoms with Crippen molar-refractivity contribution in [1.29, 1.82) is 0 Å². The Morgan fingerprint density at radius 3 is 2.57 bits per heavy atom. The second kappa shape index (κ2) is 13.2. The molecule has 240 valence electrons. The van der Waals surface area contributed by atoms with E-state index in [1.165, 1.54) is 5.56 Å². The molecule has 0 radical (unpaired) electrons. The number of hydrogen-bond donors (Lipinski definition) is 3. The van der Waals surface area contributed by atoms with Crippen molar-refractivity contribution in [3.8, 4) is 0 Å². The van der Waals surface area contributed by atoms with Gasteiger partial charge in [0.05, 0.1) is 11.7 Å². The van der Waals surface area contributed by atoms with E-state index in [1.807, 2.05) is 80.3 Å². The summed E-state index contributed by atoms with van der Waals surface area (Å²) in [5.74, 6) is -0.463.